The normalized spacial score (nSPS) is 19.6. The Kier molecular flexibility index (Phi) is 4.93. The van der Waals surface area contributed by atoms with E-state index in [1.807, 2.05) is 0 Å². The van der Waals surface area contributed by atoms with Gasteiger partial charge in [0.25, 0.3) is 11.6 Å². The molecule has 2 heterocycles. The number of nitro groups is 1. The van der Waals surface area contributed by atoms with Gasteiger partial charge < -0.3 is 19.0 Å². The molecule has 31 heavy (non-hydrogen) atoms. The van der Waals surface area contributed by atoms with Gasteiger partial charge in [-0.25, -0.2) is 4.90 Å². The molecule has 1 saturated heterocycles. The third kappa shape index (κ3) is 3.10. The zero-order chi connectivity index (χ0) is 22.3. The van der Waals surface area contributed by atoms with Crippen LogP contribution in [-0.4, -0.2) is 49.9 Å². The van der Waals surface area contributed by atoms with Gasteiger partial charge in [0.2, 0.25) is 12.0 Å². The van der Waals surface area contributed by atoms with Gasteiger partial charge in [-0.15, -0.1) is 0 Å². The van der Waals surface area contributed by atoms with Crippen molar-refractivity contribution < 1.29 is 33.6 Å². The summed E-state index contributed by atoms with van der Waals surface area (Å²) in [6.07, 6.45) is -1.18. The lowest BCUT2D eigenvalue weighted by Gasteiger charge is -2.18. The number of hydrogen-bond donors (Lipinski definition) is 0. The summed E-state index contributed by atoms with van der Waals surface area (Å²) in [6, 6.07) is 8.60. The molecule has 0 saturated carbocycles. The number of oxime groups is 1. The Balaban J connectivity index is 1.74. The summed E-state index contributed by atoms with van der Waals surface area (Å²) in [5.41, 5.74) is 0.440. The van der Waals surface area contributed by atoms with Crippen molar-refractivity contribution in [2.24, 2.45) is 11.1 Å². The summed E-state index contributed by atoms with van der Waals surface area (Å²) < 4.78 is 15.7. The molecule has 0 N–H and O–H groups in total. The molecule has 1 fully saturated rings. The first-order chi connectivity index (χ1) is 14.9. The predicted octanol–water partition coefficient (Wildman–Crippen LogP) is 1.91. The third-order valence-electron chi connectivity index (χ3n) is 5.11. The van der Waals surface area contributed by atoms with E-state index in [-0.39, 0.29) is 22.8 Å². The molecular formula is C20H17N3O8. The van der Waals surface area contributed by atoms with E-state index in [4.69, 9.17) is 19.0 Å². The number of non-ortho nitro benzene ring substituents is 1. The first kappa shape index (κ1) is 20.1. The molecule has 0 aliphatic carbocycles. The zero-order valence-corrected chi connectivity index (χ0v) is 16.7. The van der Waals surface area contributed by atoms with E-state index in [1.165, 1.54) is 33.5 Å². The molecule has 2 atom stereocenters. The van der Waals surface area contributed by atoms with Crippen LogP contribution in [0.4, 0.5) is 11.4 Å². The van der Waals surface area contributed by atoms with Crippen molar-refractivity contribution in [2.45, 2.75) is 6.10 Å². The number of amides is 2. The van der Waals surface area contributed by atoms with Crippen molar-refractivity contribution in [1.82, 2.24) is 0 Å². The molecule has 0 spiro atoms. The average Bonchev–Trinajstić information content (AvgIpc) is 3.32. The van der Waals surface area contributed by atoms with Crippen LogP contribution in [0.2, 0.25) is 0 Å². The molecule has 2 aromatic carbocycles. The second-order valence-electron chi connectivity index (χ2n) is 6.68. The fourth-order valence-corrected chi connectivity index (χ4v) is 3.62. The maximum Gasteiger partial charge on any atom is 0.279 e. The lowest BCUT2D eigenvalue weighted by Crippen LogP contribution is -2.33. The number of carbonyl (C=O) groups excluding carboxylic acids is 2. The highest BCUT2D eigenvalue weighted by Crippen LogP contribution is 2.41. The van der Waals surface area contributed by atoms with Gasteiger partial charge in [0, 0.05) is 17.7 Å². The first-order valence-electron chi connectivity index (χ1n) is 9.07. The molecule has 4 rings (SSSR count). The quantitative estimate of drug-likeness (QED) is 0.388. The Hall–Kier alpha value is -4.15. The number of imide groups is 1. The van der Waals surface area contributed by atoms with Crippen LogP contribution in [-0.2, 0) is 14.4 Å². The van der Waals surface area contributed by atoms with Crippen molar-refractivity contribution in [3.63, 3.8) is 0 Å². The van der Waals surface area contributed by atoms with Crippen LogP contribution in [0.3, 0.4) is 0 Å². The Morgan fingerprint density at radius 3 is 2.29 bits per heavy atom. The number of carbonyl (C=O) groups is 2. The minimum absolute atomic E-state index is 0.0311. The van der Waals surface area contributed by atoms with Crippen molar-refractivity contribution in [2.75, 3.05) is 26.2 Å². The van der Waals surface area contributed by atoms with Crippen LogP contribution in [0.15, 0.2) is 41.6 Å². The van der Waals surface area contributed by atoms with Crippen LogP contribution >= 0.6 is 0 Å². The van der Waals surface area contributed by atoms with Gasteiger partial charge in [-0.05, 0) is 24.3 Å². The lowest BCUT2D eigenvalue weighted by molar-refractivity contribution is -0.384. The molecular weight excluding hydrogens is 410 g/mol. The van der Waals surface area contributed by atoms with E-state index in [1.54, 1.807) is 18.2 Å². The smallest absolute Gasteiger partial charge is 0.279 e. The Morgan fingerprint density at radius 1 is 0.968 bits per heavy atom. The topological polar surface area (TPSA) is 130 Å². The maximum absolute atomic E-state index is 13.3. The van der Waals surface area contributed by atoms with Gasteiger partial charge in [-0.1, -0.05) is 5.16 Å². The summed E-state index contributed by atoms with van der Waals surface area (Å²) in [4.78, 5) is 43.0. The molecule has 2 aliphatic rings. The van der Waals surface area contributed by atoms with Crippen LogP contribution in [0, 0.1) is 16.0 Å². The molecule has 2 aliphatic heterocycles. The van der Waals surface area contributed by atoms with E-state index in [0.29, 0.717) is 17.1 Å². The molecule has 0 unspecified atom stereocenters. The highest BCUT2D eigenvalue weighted by molar-refractivity contribution is 6.33. The third-order valence-corrected chi connectivity index (χ3v) is 5.11. The van der Waals surface area contributed by atoms with Gasteiger partial charge in [0.05, 0.1) is 26.3 Å². The van der Waals surface area contributed by atoms with E-state index < -0.39 is 28.8 Å². The zero-order valence-electron chi connectivity index (χ0n) is 16.7. The van der Waals surface area contributed by atoms with Crippen LogP contribution in [0.25, 0.3) is 0 Å². The molecule has 0 aromatic heterocycles. The Bertz CT molecular complexity index is 1130. The highest BCUT2D eigenvalue weighted by atomic mass is 16.7. The molecule has 160 valence electrons. The summed E-state index contributed by atoms with van der Waals surface area (Å²) in [6.45, 7) is 0. The van der Waals surface area contributed by atoms with Crippen LogP contribution in [0.5, 0.6) is 17.2 Å². The number of ether oxygens (including phenoxy) is 3. The molecule has 2 amide bonds. The standard InChI is InChI=1S/C20H17N3O8/c1-28-13-7-5-11(23(26)27)9-12(13)22-19(24)16-17(21-31-18(16)20(22)25)10-4-6-14(29-2)15(8-10)30-3/h4-9,16,18H,1-3H3/t16-,18-/m0/s1. The van der Waals surface area contributed by atoms with E-state index >= 15 is 0 Å². The van der Waals surface area contributed by atoms with Crippen molar-refractivity contribution >= 4 is 28.9 Å². The highest BCUT2D eigenvalue weighted by Gasteiger charge is 2.56. The minimum atomic E-state index is -1.18. The number of nitrogens with zero attached hydrogens (tertiary/aromatic N) is 3. The number of fused-ring (bicyclic) bond motifs is 1. The average molecular weight is 427 g/mol. The van der Waals surface area contributed by atoms with Gasteiger partial charge in [-0.2, -0.15) is 0 Å². The Labute approximate surface area is 175 Å². The summed E-state index contributed by atoms with van der Waals surface area (Å²) in [5, 5.41) is 15.1. The van der Waals surface area contributed by atoms with Gasteiger partial charge in [0.1, 0.15) is 23.1 Å². The minimum Gasteiger partial charge on any atom is -0.495 e. The molecule has 0 radical (unpaired) electrons. The molecule has 11 nitrogen and oxygen atoms in total. The first-order valence-corrected chi connectivity index (χ1v) is 9.07. The summed E-state index contributed by atoms with van der Waals surface area (Å²) >= 11 is 0. The fraction of sp³-hybridized carbons (Fsp3) is 0.250. The maximum atomic E-state index is 13.3. The molecule has 2 aromatic rings. The van der Waals surface area contributed by atoms with Gasteiger partial charge in [0.15, 0.2) is 11.5 Å². The van der Waals surface area contributed by atoms with Crippen molar-refractivity contribution in [3.05, 3.63) is 52.1 Å². The monoisotopic (exact) mass is 427 g/mol. The van der Waals surface area contributed by atoms with E-state index in [0.717, 1.165) is 11.0 Å². The second kappa shape index (κ2) is 7.59. The summed E-state index contributed by atoms with van der Waals surface area (Å²) in [5.74, 6) is -1.29. The fourth-order valence-electron chi connectivity index (χ4n) is 3.62. The van der Waals surface area contributed by atoms with Gasteiger partial charge in [-0.3, -0.25) is 19.7 Å². The van der Waals surface area contributed by atoms with Crippen molar-refractivity contribution in [3.8, 4) is 17.2 Å². The largest absolute Gasteiger partial charge is 0.495 e. The predicted molar refractivity (Wildman–Crippen MR) is 107 cm³/mol. The number of anilines is 1. The number of rotatable bonds is 6. The van der Waals surface area contributed by atoms with Gasteiger partial charge >= 0.3 is 0 Å². The molecule has 0 bridgehead atoms. The van der Waals surface area contributed by atoms with E-state index in [9.17, 15) is 19.7 Å². The number of nitro benzene ring substituents is 1. The number of benzene rings is 2. The number of hydrogen-bond acceptors (Lipinski definition) is 9. The second-order valence-corrected chi connectivity index (χ2v) is 6.68. The number of methoxy groups -OCH3 is 3. The van der Waals surface area contributed by atoms with Crippen LogP contribution < -0.4 is 19.1 Å². The van der Waals surface area contributed by atoms with E-state index in [2.05, 4.69) is 5.16 Å². The van der Waals surface area contributed by atoms with Crippen molar-refractivity contribution in [1.29, 1.82) is 0 Å². The summed E-state index contributed by atoms with van der Waals surface area (Å²) in [7, 11) is 4.30. The SMILES string of the molecule is COc1ccc(C2=NO[C@@H]3C(=O)N(c4cc([N+](=O)[O-])ccc4OC)C(=O)[C@@H]23)cc1OC. The Morgan fingerprint density at radius 2 is 1.65 bits per heavy atom. The lowest BCUT2D eigenvalue weighted by atomic mass is 9.94. The van der Waals surface area contributed by atoms with Crippen LogP contribution in [0.1, 0.15) is 5.56 Å². The molecule has 11 heteroatoms.